The normalized spacial score (nSPS) is 15.9. The summed E-state index contributed by atoms with van der Waals surface area (Å²) in [6, 6.07) is 1.15. The van der Waals surface area contributed by atoms with Crippen molar-refractivity contribution in [2.45, 2.75) is 45.7 Å². The highest BCUT2D eigenvalue weighted by Gasteiger charge is 2.28. The van der Waals surface area contributed by atoms with Crippen LogP contribution >= 0.6 is 0 Å². The molecule has 2 rings (SSSR count). The van der Waals surface area contributed by atoms with Crippen LogP contribution in [-0.4, -0.2) is 53.1 Å². The number of esters is 1. The van der Waals surface area contributed by atoms with Crippen LogP contribution in [0.3, 0.4) is 0 Å². The fourth-order valence-corrected chi connectivity index (χ4v) is 2.19. The average Bonchev–Trinajstić information content (AvgIpc) is 3.28. The van der Waals surface area contributed by atoms with Crippen LogP contribution < -0.4 is 5.32 Å². The van der Waals surface area contributed by atoms with Crippen LogP contribution in [0, 0.1) is 6.92 Å². The van der Waals surface area contributed by atoms with Crippen molar-refractivity contribution < 1.29 is 9.53 Å². The molecule has 116 valence electrons. The second kappa shape index (κ2) is 6.85. The molecule has 1 aromatic heterocycles. The van der Waals surface area contributed by atoms with Gasteiger partial charge < -0.3 is 10.1 Å². The Morgan fingerprint density at radius 1 is 1.57 bits per heavy atom. The van der Waals surface area contributed by atoms with Gasteiger partial charge in [0.2, 0.25) is 5.95 Å². The molecule has 6 heteroatoms. The minimum Gasteiger partial charge on any atom is -0.462 e. The smallest absolute Gasteiger partial charge is 0.341 e. The van der Waals surface area contributed by atoms with Crippen molar-refractivity contribution in [3.63, 3.8) is 0 Å². The molecule has 1 fully saturated rings. The second-order valence-electron chi connectivity index (χ2n) is 5.54. The Morgan fingerprint density at radius 2 is 2.29 bits per heavy atom. The van der Waals surface area contributed by atoms with E-state index in [0.717, 1.165) is 12.6 Å². The monoisotopic (exact) mass is 292 g/mol. The first-order chi connectivity index (χ1) is 10.0. The SMILES string of the molecule is CCOC(=O)c1cnc(NCC(C)N(C)C2CC2)nc1C. The quantitative estimate of drug-likeness (QED) is 0.774. The molecule has 0 radical (unpaired) electrons. The van der Waals surface area contributed by atoms with Gasteiger partial charge in [-0.3, -0.25) is 4.90 Å². The van der Waals surface area contributed by atoms with Crippen molar-refractivity contribution in [3.8, 4) is 0 Å². The first kappa shape index (κ1) is 15.7. The number of carbonyl (C=O) groups is 1. The minimum absolute atomic E-state index is 0.350. The van der Waals surface area contributed by atoms with E-state index in [1.54, 1.807) is 13.8 Å². The molecule has 1 aliphatic rings. The third-order valence-corrected chi connectivity index (χ3v) is 3.85. The summed E-state index contributed by atoms with van der Waals surface area (Å²) in [6.07, 6.45) is 4.12. The van der Waals surface area contributed by atoms with Gasteiger partial charge >= 0.3 is 5.97 Å². The van der Waals surface area contributed by atoms with Gasteiger partial charge in [0, 0.05) is 24.8 Å². The number of likely N-dealkylation sites (N-methyl/N-ethyl adjacent to an activating group) is 1. The topological polar surface area (TPSA) is 67.3 Å². The molecule has 0 aromatic carbocycles. The van der Waals surface area contributed by atoms with Gasteiger partial charge in [-0.15, -0.1) is 0 Å². The van der Waals surface area contributed by atoms with Gasteiger partial charge in [0.05, 0.1) is 17.9 Å². The van der Waals surface area contributed by atoms with E-state index in [2.05, 4.69) is 34.2 Å². The fraction of sp³-hybridized carbons (Fsp3) is 0.667. The van der Waals surface area contributed by atoms with Gasteiger partial charge in [0.25, 0.3) is 0 Å². The van der Waals surface area contributed by atoms with Crippen molar-refractivity contribution in [1.82, 2.24) is 14.9 Å². The lowest BCUT2D eigenvalue weighted by Gasteiger charge is -2.24. The molecule has 1 N–H and O–H groups in total. The molecule has 1 atom stereocenters. The van der Waals surface area contributed by atoms with Crippen molar-refractivity contribution in [3.05, 3.63) is 17.5 Å². The summed E-state index contributed by atoms with van der Waals surface area (Å²) in [5.41, 5.74) is 1.06. The molecule has 0 bridgehead atoms. The van der Waals surface area contributed by atoms with Gasteiger partial charge in [0.15, 0.2) is 0 Å². The van der Waals surface area contributed by atoms with Gasteiger partial charge in [-0.1, -0.05) is 0 Å². The molecule has 1 aliphatic carbocycles. The van der Waals surface area contributed by atoms with Crippen LogP contribution in [0.5, 0.6) is 0 Å². The highest BCUT2D eigenvalue weighted by Crippen LogP contribution is 2.26. The number of aryl methyl sites for hydroxylation is 1. The van der Waals surface area contributed by atoms with Crippen LogP contribution in [0.15, 0.2) is 6.20 Å². The van der Waals surface area contributed by atoms with Gasteiger partial charge in [-0.25, -0.2) is 14.8 Å². The Bertz CT molecular complexity index is 502. The first-order valence-corrected chi connectivity index (χ1v) is 7.49. The maximum absolute atomic E-state index is 11.7. The summed E-state index contributed by atoms with van der Waals surface area (Å²) in [4.78, 5) is 22.6. The molecule has 1 saturated carbocycles. The molecular weight excluding hydrogens is 268 g/mol. The zero-order chi connectivity index (χ0) is 15.4. The van der Waals surface area contributed by atoms with E-state index in [1.165, 1.54) is 19.0 Å². The molecule has 0 spiro atoms. The highest BCUT2D eigenvalue weighted by atomic mass is 16.5. The molecule has 0 aliphatic heterocycles. The lowest BCUT2D eigenvalue weighted by atomic mass is 10.2. The number of anilines is 1. The van der Waals surface area contributed by atoms with Crippen LogP contribution in [0.25, 0.3) is 0 Å². The Morgan fingerprint density at radius 3 is 2.86 bits per heavy atom. The predicted octanol–water partition coefficient (Wildman–Crippen LogP) is 1.86. The Balaban J connectivity index is 1.92. The Kier molecular flexibility index (Phi) is 5.12. The fourth-order valence-electron chi connectivity index (χ4n) is 2.19. The minimum atomic E-state index is -0.372. The number of hydrogen-bond donors (Lipinski definition) is 1. The van der Waals surface area contributed by atoms with Gasteiger partial charge in [-0.05, 0) is 40.7 Å². The average molecular weight is 292 g/mol. The second-order valence-corrected chi connectivity index (χ2v) is 5.54. The molecule has 1 unspecified atom stereocenters. The summed E-state index contributed by atoms with van der Waals surface area (Å²) >= 11 is 0. The number of carbonyl (C=O) groups excluding carboxylic acids is 1. The van der Waals surface area contributed by atoms with E-state index in [-0.39, 0.29) is 5.97 Å². The predicted molar refractivity (Wildman–Crippen MR) is 81.5 cm³/mol. The Labute approximate surface area is 125 Å². The molecule has 0 saturated heterocycles. The van der Waals surface area contributed by atoms with E-state index < -0.39 is 0 Å². The first-order valence-electron chi connectivity index (χ1n) is 7.49. The third kappa shape index (κ3) is 4.14. The molecule has 1 heterocycles. The largest absolute Gasteiger partial charge is 0.462 e. The summed E-state index contributed by atoms with van der Waals surface area (Å²) < 4.78 is 4.97. The van der Waals surface area contributed by atoms with Crippen molar-refractivity contribution >= 4 is 11.9 Å². The third-order valence-electron chi connectivity index (χ3n) is 3.85. The van der Waals surface area contributed by atoms with Crippen molar-refractivity contribution in [1.29, 1.82) is 0 Å². The van der Waals surface area contributed by atoms with Crippen LogP contribution in [0.4, 0.5) is 5.95 Å². The van der Waals surface area contributed by atoms with E-state index in [4.69, 9.17) is 4.74 Å². The van der Waals surface area contributed by atoms with Crippen LogP contribution in [0.2, 0.25) is 0 Å². The Hall–Kier alpha value is -1.69. The lowest BCUT2D eigenvalue weighted by Crippen LogP contribution is -2.36. The van der Waals surface area contributed by atoms with Gasteiger partial charge in [0.1, 0.15) is 0 Å². The zero-order valence-corrected chi connectivity index (χ0v) is 13.2. The summed E-state index contributed by atoms with van der Waals surface area (Å²) in [5, 5.41) is 3.23. The number of aromatic nitrogens is 2. The molecular formula is C15H24N4O2. The van der Waals surface area contributed by atoms with Gasteiger partial charge in [-0.2, -0.15) is 0 Å². The highest BCUT2D eigenvalue weighted by molar-refractivity contribution is 5.90. The maximum atomic E-state index is 11.7. The number of nitrogens with one attached hydrogen (secondary N) is 1. The van der Waals surface area contributed by atoms with E-state index in [1.807, 2.05) is 0 Å². The number of hydrogen-bond acceptors (Lipinski definition) is 6. The van der Waals surface area contributed by atoms with Crippen LogP contribution in [-0.2, 0) is 4.74 Å². The standard InChI is InChI=1S/C15H24N4O2/c1-5-21-14(20)13-9-17-15(18-11(13)3)16-8-10(2)19(4)12-6-7-12/h9-10,12H,5-8H2,1-4H3,(H,16,17,18). The molecule has 0 amide bonds. The summed E-state index contributed by atoms with van der Waals surface area (Å²) in [5.74, 6) is 0.181. The number of ether oxygens (including phenoxy) is 1. The lowest BCUT2D eigenvalue weighted by molar-refractivity contribution is 0.0524. The van der Waals surface area contributed by atoms with Crippen LogP contribution in [0.1, 0.15) is 42.7 Å². The zero-order valence-electron chi connectivity index (χ0n) is 13.2. The summed E-state index contributed by atoms with van der Waals surface area (Å²) in [6.45, 7) is 6.89. The molecule has 6 nitrogen and oxygen atoms in total. The van der Waals surface area contributed by atoms with E-state index in [0.29, 0.717) is 29.9 Å². The number of nitrogens with zero attached hydrogens (tertiary/aromatic N) is 3. The van der Waals surface area contributed by atoms with Crippen molar-refractivity contribution in [2.24, 2.45) is 0 Å². The van der Waals surface area contributed by atoms with Crippen molar-refractivity contribution in [2.75, 3.05) is 25.5 Å². The number of rotatable bonds is 7. The summed E-state index contributed by atoms with van der Waals surface area (Å²) in [7, 11) is 2.15. The maximum Gasteiger partial charge on any atom is 0.341 e. The van der Waals surface area contributed by atoms with E-state index in [9.17, 15) is 4.79 Å². The molecule has 1 aromatic rings. The van der Waals surface area contributed by atoms with E-state index >= 15 is 0 Å². The molecule has 21 heavy (non-hydrogen) atoms.